The van der Waals surface area contributed by atoms with E-state index in [1.807, 2.05) is 0 Å². The van der Waals surface area contributed by atoms with E-state index < -0.39 is 0 Å². The van der Waals surface area contributed by atoms with Gasteiger partial charge in [0.2, 0.25) is 0 Å². The molecule has 0 saturated heterocycles. The van der Waals surface area contributed by atoms with Crippen LogP contribution in [0, 0.1) is 0 Å². The van der Waals surface area contributed by atoms with Crippen molar-refractivity contribution in [2.75, 3.05) is 67.1 Å². The number of fused-ring (bicyclic) bond motifs is 2. The molecule has 1 aliphatic rings. The molecule has 172 valence electrons. The average molecular weight is 444 g/mol. The van der Waals surface area contributed by atoms with E-state index in [2.05, 4.69) is 0 Å². The van der Waals surface area contributed by atoms with Gasteiger partial charge in [-0.2, -0.15) is 0 Å². The first kappa shape index (κ1) is 23.9. The number of carbonyl (C=O) groups is 2. The van der Waals surface area contributed by atoms with Gasteiger partial charge in [0.25, 0.3) is 0 Å². The second kappa shape index (κ2) is 12.3. The second-order valence-corrected chi connectivity index (χ2v) is 6.92. The van der Waals surface area contributed by atoms with E-state index >= 15 is 0 Å². The fraction of sp³-hybridized carbons (Fsp3) is 0.417. The predicted octanol–water partition coefficient (Wildman–Crippen LogP) is 2.55. The van der Waals surface area contributed by atoms with Crippen molar-refractivity contribution in [3.63, 3.8) is 0 Å². The Balaban J connectivity index is 1.72. The molecule has 3 rings (SSSR count). The van der Waals surface area contributed by atoms with Crippen molar-refractivity contribution in [3.8, 4) is 11.5 Å². The van der Waals surface area contributed by atoms with Crippen molar-refractivity contribution in [1.29, 1.82) is 0 Å². The van der Waals surface area contributed by atoms with Gasteiger partial charge in [0.15, 0.2) is 11.6 Å². The molecule has 0 saturated carbocycles. The van der Waals surface area contributed by atoms with Crippen molar-refractivity contribution in [1.82, 2.24) is 0 Å². The van der Waals surface area contributed by atoms with Crippen LogP contribution < -0.4 is 9.47 Å². The first-order valence-corrected chi connectivity index (χ1v) is 10.4. The van der Waals surface area contributed by atoms with E-state index in [1.54, 1.807) is 50.6 Å². The van der Waals surface area contributed by atoms with Gasteiger partial charge in [-0.1, -0.05) is 24.3 Å². The minimum atomic E-state index is -0.271. The van der Waals surface area contributed by atoms with Crippen LogP contribution in [0.2, 0.25) is 0 Å². The Bertz CT molecular complexity index is 849. The molecule has 8 heteroatoms. The summed E-state index contributed by atoms with van der Waals surface area (Å²) in [5.74, 6) is 0.180. The number of ketones is 2. The summed E-state index contributed by atoms with van der Waals surface area (Å²) in [5, 5.41) is 0. The maximum absolute atomic E-state index is 13.3. The zero-order valence-electron chi connectivity index (χ0n) is 18.4. The topological polar surface area (TPSA) is 89.5 Å². The molecule has 2 aromatic carbocycles. The Morgan fingerprint density at radius 3 is 1.38 bits per heavy atom. The number of carbonyl (C=O) groups excluding carboxylic acids is 2. The molecule has 32 heavy (non-hydrogen) atoms. The second-order valence-electron chi connectivity index (χ2n) is 6.92. The molecule has 1 aliphatic carbocycles. The minimum absolute atomic E-state index is 0.251. The number of ether oxygens (including phenoxy) is 6. The van der Waals surface area contributed by atoms with Gasteiger partial charge in [0, 0.05) is 25.3 Å². The Morgan fingerprint density at radius 1 is 0.562 bits per heavy atom. The molecule has 0 spiro atoms. The molecule has 0 aromatic heterocycles. The van der Waals surface area contributed by atoms with Crippen molar-refractivity contribution >= 4 is 11.6 Å². The number of methoxy groups -OCH3 is 2. The van der Waals surface area contributed by atoms with Crippen molar-refractivity contribution < 1.29 is 38.0 Å². The Morgan fingerprint density at radius 2 is 0.969 bits per heavy atom. The SMILES string of the molecule is COCCOCCOc1cccc2c1C(=O)c1cccc(OCCOCCOC)c1C2=O. The molecule has 0 N–H and O–H groups in total. The monoisotopic (exact) mass is 444 g/mol. The fourth-order valence-corrected chi connectivity index (χ4v) is 3.33. The minimum Gasteiger partial charge on any atom is -0.490 e. The van der Waals surface area contributed by atoms with Crippen LogP contribution in [-0.4, -0.2) is 78.6 Å². The normalized spacial score (nSPS) is 12.4. The van der Waals surface area contributed by atoms with Crippen LogP contribution in [0.1, 0.15) is 31.8 Å². The van der Waals surface area contributed by atoms with E-state index in [1.165, 1.54) is 0 Å². The lowest BCUT2D eigenvalue weighted by atomic mass is 9.83. The Kier molecular flexibility index (Phi) is 9.18. The Hall–Kier alpha value is -2.78. The molecule has 8 nitrogen and oxygen atoms in total. The average Bonchev–Trinajstić information content (AvgIpc) is 2.81. The number of benzene rings is 2. The molecule has 0 bridgehead atoms. The van der Waals surface area contributed by atoms with Crippen molar-refractivity contribution in [2.24, 2.45) is 0 Å². The molecule has 0 unspecified atom stereocenters. The summed E-state index contributed by atoms with van der Waals surface area (Å²) in [6, 6.07) is 10.0. The predicted molar refractivity (Wildman–Crippen MR) is 116 cm³/mol. The number of hydrogen-bond acceptors (Lipinski definition) is 8. The van der Waals surface area contributed by atoms with Gasteiger partial charge < -0.3 is 28.4 Å². The van der Waals surface area contributed by atoms with E-state index in [0.29, 0.717) is 62.3 Å². The molecular formula is C24H28O8. The molecule has 0 heterocycles. The van der Waals surface area contributed by atoms with Gasteiger partial charge in [-0.15, -0.1) is 0 Å². The summed E-state index contributed by atoms with van der Waals surface area (Å²) >= 11 is 0. The molecule has 2 aromatic rings. The van der Waals surface area contributed by atoms with Crippen molar-refractivity contribution in [3.05, 3.63) is 58.7 Å². The lowest BCUT2D eigenvalue weighted by Crippen LogP contribution is -2.23. The molecule has 0 aliphatic heterocycles. The molecular weight excluding hydrogens is 416 g/mol. The first-order valence-electron chi connectivity index (χ1n) is 10.4. The van der Waals surface area contributed by atoms with Crippen molar-refractivity contribution in [2.45, 2.75) is 0 Å². The lowest BCUT2D eigenvalue weighted by Gasteiger charge is -2.22. The van der Waals surface area contributed by atoms with Gasteiger partial charge >= 0.3 is 0 Å². The number of rotatable bonds is 14. The molecule has 0 amide bonds. The maximum atomic E-state index is 13.3. The highest BCUT2D eigenvalue weighted by molar-refractivity contribution is 6.30. The van der Waals surface area contributed by atoms with Crippen LogP contribution in [0.25, 0.3) is 0 Å². The molecule has 0 atom stereocenters. The largest absolute Gasteiger partial charge is 0.490 e. The van der Waals surface area contributed by atoms with Crippen LogP contribution in [0.4, 0.5) is 0 Å². The van der Waals surface area contributed by atoms with Gasteiger partial charge in [0.05, 0.1) is 50.8 Å². The van der Waals surface area contributed by atoms with Crippen LogP contribution in [0.15, 0.2) is 36.4 Å². The van der Waals surface area contributed by atoms with Gasteiger partial charge in [-0.25, -0.2) is 0 Å². The van der Waals surface area contributed by atoms with Gasteiger partial charge in [-0.05, 0) is 12.1 Å². The quantitative estimate of drug-likeness (QED) is 0.351. The first-order chi connectivity index (χ1) is 15.7. The Labute approximate surface area is 187 Å². The highest BCUT2D eigenvalue weighted by Gasteiger charge is 2.34. The number of hydrogen-bond donors (Lipinski definition) is 0. The third-order valence-corrected chi connectivity index (χ3v) is 4.83. The smallest absolute Gasteiger partial charge is 0.198 e. The lowest BCUT2D eigenvalue weighted by molar-refractivity contribution is 0.0540. The van der Waals surface area contributed by atoms with Crippen LogP contribution in [0.3, 0.4) is 0 Å². The van der Waals surface area contributed by atoms with E-state index in [-0.39, 0.29) is 35.9 Å². The summed E-state index contributed by atoms with van der Waals surface area (Å²) in [5.41, 5.74) is 1.13. The maximum Gasteiger partial charge on any atom is 0.198 e. The molecule has 0 radical (unpaired) electrons. The van der Waals surface area contributed by atoms with E-state index in [4.69, 9.17) is 28.4 Å². The third-order valence-electron chi connectivity index (χ3n) is 4.83. The fourth-order valence-electron chi connectivity index (χ4n) is 3.33. The zero-order chi connectivity index (χ0) is 22.8. The third kappa shape index (κ3) is 5.72. The standard InChI is InChI=1S/C24H28O8/c1-27-9-11-29-13-15-31-19-7-3-5-17-21(19)23(25)18-6-4-8-20(22(18)24(17)26)32-16-14-30-12-10-28-2/h3-8H,9-16H2,1-2H3. The van der Waals surface area contributed by atoms with Gasteiger partial charge in [0.1, 0.15) is 24.7 Å². The van der Waals surface area contributed by atoms with Gasteiger partial charge in [-0.3, -0.25) is 9.59 Å². The summed E-state index contributed by atoms with van der Waals surface area (Å²) in [7, 11) is 3.20. The van der Waals surface area contributed by atoms with Crippen LogP contribution in [0.5, 0.6) is 11.5 Å². The van der Waals surface area contributed by atoms with E-state index in [0.717, 1.165) is 0 Å². The summed E-state index contributed by atoms with van der Waals surface area (Å²) in [4.78, 5) is 26.5. The summed E-state index contributed by atoms with van der Waals surface area (Å²) in [6.45, 7) is 3.09. The summed E-state index contributed by atoms with van der Waals surface area (Å²) < 4.78 is 32.2. The highest BCUT2D eigenvalue weighted by Crippen LogP contribution is 2.37. The van der Waals surface area contributed by atoms with Crippen LogP contribution >= 0.6 is 0 Å². The van der Waals surface area contributed by atoms with Crippen LogP contribution in [-0.2, 0) is 18.9 Å². The van der Waals surface area contributed by atoms with E-state index in [9.17, 15) is 9.59 Å². The highest BCUT2D eigenvalue weighted by atomic mass is 16.5. The zero-order valence-corrected chi connectivity index (χ0v) is 18.4. The molecule has 0 fully saturated rings. The summed E-state index contributed by atoms with van der Waals surface area (Å²) in [6.07, 6.45) is 0.